The molecule has 1 aromatic carbocycles. The van der Waals surface area contributed by atoms with E-state index in [1.165, 1.54) is 17.8 Å². The van der Waals surface area contributed by atoms with Crippen LogP contribution in [0.25, 0.3) is 0 Å². The number of likely N-dealkylation sites (tertiary alicyclic amines) is 1. The van der Waals surface area contributed by atoms with Crippen LogP contribution in [0.1, 0.15) is 41.1 Å². The van der Waals surface area contributed by atoms with Crippen molar-refractivity contribution in [2.45, 2.75) is 25.2 Å². The Bertz CT molecular complexity index is 742. The summed E-state index contributed by atoms with van der Waals surface area (Å²) in [5.74, 6) is 0.421. The van der Waals surface area contributed by atoms with Crippen molar-refractivity contribution in [3.8, 4) is 0 Å². The van der Waals surface area contributed by atoms with Crippen LogP contribution in [0.3, 0.4) is 0 Å². The topological polar surface area (TPSA) is 53.2 Å². The fourth-order valence-electron chi connectivity index (χ4n) is 3.12. The number of pyridine rings is 1. The number of benzene rings is 1. The minimum Gasteiger partial charge on any atom is -0.339 e. The molecule has 1 aliphatic rings. The van der Waals surface area contributed by atoms with Gasteiger partial charge in [-0.2, -0.15) is 0 Å². The molecule has 0 radical (unpaired) electrons. The van der Waals surface area contributed by atoms with Crippen molar-refractivity contribution in [3.63, 3.8) is 0 Å². The fraction of sp³-hybridized carbons (Fsp3) is 0.333. The van der Waals surface area contributed by atoms with Gasteiger partial charge < -0.3 is 9.88 Å². The molecule has 3 rings (SSSR count). The first-order chi connectivity index (χ1) is 11.1. The minimum atomic E-state index is -0.372. The average Bonchev–Trinajstić information content (AvgIpc) is 2.83. The number of nitrogens with zero attached hydrogens (tertiary/aromatic N) is 1. The van der Waals surface area contributed by atoms with E-state index in [4.69, 9.17) is 11.6 Å². The molecule has 0 saturated carbocycles. The lowest BCUT2D eigenvalue weighted by atomic mass is 9.92. The first-order valence-corrected chi connectivity index (χ1v) is 8.25. The minimum absolute atomic E-state index is 0.0489. The zero-order valence-electron chi connectivity index (χ0n) is 12.8. The SMILES string of the molecule is O=C(c1c[nH]c(=O)c(Cl)c1)N1CCC[C@@H](c2ccccc2)CC1. The van der Waals surface area contributed by atoms with Gasteiger partial charge in [-0.1, -0.05) is 41.9 Å². The van der Waals surface area contributed by atoms with Crippen LogP contribution >= 0.6 is 11.6 Å². The molecular formula is C18H19ClN2O2. The molecular weight excluding hydrogens is 312 g/mol. The number of halogens is 1. The molecule has 120 valence electrons. The van der Waals surface area contributed by atoms with E-state index in [-0.39, 0.29) is 16.5 Å². The molecule has 0 spiro atoms. The van der Waals surface area contributed by atoms with E-state index >= 15 is 0 Å². The zero-order chi connectivity index (χ0) is 16.2. The smallest absolute Gasteiger partial charge is 0.266 e. The van der Waals surface area contributed by atoms with Gasteiger partial charge in [-0.15, -0.1) is 0 Å². The van der Waals surface area contributed by atoms with E-state index in [0.29, 0.717) is 11.5 Å². The number of carbonyl (C=O) groups excluding carboxylic acids is 1. The number of aromatic nitrogens is 1. The molecule has 2 aromatic rings. The van der Waals surface area contributed by atoms with Gasteiger partial charge in [0.1, 0.15) is 5.02 Å². The summed E-state index contributed by atoms with van der Waals surface area (Å²) in [7, 11) is 0. The van der Waals surface area contributed by atoms with Crippen molar-refractivity contribution >= 4 is 17.5 Å². The Labute approximate surface area is 140 Å². The van der Waals surface area contributed by atoms with E-state index in [1.807, 2.05) is 11.0 Å². The molecule has 0 bridgehead atoms. The van der Waals surface area contributed by atoms with Crippen molar-refractivity contribution in [2.75, 3.05) is 13.1 Å². The summed E-state index contributed by atoms with van der Waals surface area (Å²) in [5.41, 5.74) is 1.41. The Hall–Kier alpha value is -2.07. The maximum Gasteiger partial charge on any atom is 0.266 e. The summed E-state index contributed by atoms with van der Waals surface area (Å²) in [6.45, 7) is 1.45. The summed E-state index contributed by atoms with van der Waals surface area (Å²) in [6.07, 6.45) is 4.45. The monoisotopic (exact) mass is 330 g/mol. The molecule has 1 saturated heterocycles. The lowest BCUT2D eigenvalue weighted by Gasteiger charge is -2.20. The van der Waals surface area contributed by atoms with Gasteiger partial charge in [0.25, 0.3) is 11.5 Å². The number of hydrogen-bond acceptors (Lipinski definition) is 2. The third kappa shape index (κ3) is 3.64. The lowest BCUT2D eigenvalue weighted by molar-refractivity contribution is 0.0760. The normalized spacial score (nSPS) is 18.5. The Morgan fingerprint density at radius 1 is 1.17 bits per heavy atom. The Morgan fingerprint density at radius 2 is 1.96 bits per heavy atom. The van der Waals surface area contributed by atoms with Crippen molar-refractivity contribution in [3.05, 3.63) is 69.1 Å². The van der Waals surface area contributed by atoms with Crippen molar-refractivity contribution < 1.29 is 4.79 Å². The van der Waals surface area contributed by atoms with Crippen LogP contribution in [0.4, 0.5) is 0 Å². The van der Waals surface area contributed by atoms with Gasteiger partial charge in [-0.3, -0.25) is 9.59 Å². The highest BCUT2D eigenvalue weighted by Gasteiger charge is 2.22. The molecule has 23 heavy (non-hydrogen) atoms. The summed E-state index contributed by atoms with van der Waals surface area (Å²) < 4.78 is 0. The first kappa shape index (κ1) is 15.8. The zero-order valence-corrected chi connectivity index (χ0v) is 13.6. The third-order valence-electron chi connectivity index (χ3n) is 4.39. The number of amides is 1. The second-order valence-electron chi connectivity index (χ2n) is 5.90. The number of carbonyl (C=O) groups is 1. The van der Waals surface area contributed by atoms with Crippen LogP contribution in [-0.2, 0) is 0 Å². The van der Waals surface area contributed by atoms with Crippen LogP contribution in [0, 0.1) is 0 Å². The van der Waals surface area contributed by atoms with Crippen LogP contribution in [0.2, 0.25) is 5.02 Å². The van der Waals surface area contributed by atoms with Crippen molar-refractivity contribution in [1.29, 1.82) is 0 Å². The highest BCUT2D eigenvalue weighted by Crippen LogP contribution is 2.28. The molecule has 1 aromatic heterocycles. The first-order valence-electron chi connectivity index (χ1n) is 7.87. The quantitative estimate of drug-likeness (QED) is 0.917. The van der Waals surface area contributed by atoms with E-state index in [9.17, 15) is 9.59 Å². The average molecular weight is 331 g/mol. The molecule has 2 heterocycles. The van der Waals surface area contributed by atoms with Crippen LogP contribution in [-0.4, -0.2) is 28.9 Å². The molecule has 1 amide bonds. The Kier molecular flexibility index (Phi) is 4.82. The van der Waals surface area contributed by atoms with Gasteiger partial charge in [0.15, 0.2) is 0 Å². The third-order valence-corrected chi connectivity index (χ3v) is 4.67. The van der Waals surface area contributed by atoms with Gasteiger partial charge in [0, 0.05) is 19.3 Å². The van der Waals surface area contributed by atoms with Gasteiger partial charge >= 0.3 is 0 Å². The summed E-state index contributed by atoms with van der Waals surface area (Å²) in [6, 6.07) is 11.9. The summed E-state index contributed by atoms with van der Waals surface area (Å²) in [4.78, 5) is 28.3. The van der Waals surface area contributed by atoms with Crippen molar-refractivity contribution in [2.24, 2.45) is 0 Å². The number of rotatable bonds is 2. The van der Waals surface area contributed by atoms with E-state index in [0.717, 1.165) is 32.4 Å². The van der Waals surface area contributed by atoms with E-state index in [2.05, 4.69) is 29.2 Å². The van der Waals surface area contributed by atoms with Gasteiger partial charge in [-0.25, -0.2) is 0 Å². The molecule has 1 aliphatic heterocycles. The molecule has 1 atom stereocenters. The van der Waals surface area contributed by atoms with E-state index < -0.39 is 0 Å². The number of H-pyrrole nitrogens is 1. The molecule has 5 heteroatoms. The number of nitrogens with one attached hydrogen (secondary N) is 1. The van der Waals surface area contributed by atoms with Gasteiger partial charge in [0.2, 0.25) is 0 Å². The predicted molar refractivity (Wildman–Crippen MR) is 91.0 cm³/mol. The maximum absolute atomic E-state index is 12.6. The van der Waals surface area contributed by atoms with Gasteiger partial charge in [-0.05, 0) is 36.8 Å². The van der Waals surface area contributed by atoms with Crippen LogP contribution in [0.15, 0.2) is 47.4 Å². The van der Waals surface area contributed by atoms with E-state index in [1.54, 1.807) is 0 Å². The largest absolute Gasteiger partial charge is 0.339 e. The summed E-state index contributed by atoms with van der Waals surface area (Å²) >= 11 is 5.82. The second-order valence-corrected chi connectivity index (χ2v) is 6.30. The molecule has 1 N–H and O–H groups in total. The standard InChI is InChI=1S/C18H19ClN2O2/c19-16-11-15(12-20-17(16)22)18(23)21-9-4-7-14(8-10-21)13-5-2-1-3-6-13/h1-3,5-6,11-12,14H,4,7-10H2,(H,20,22)/t14-/m1/s1. The Morgan fingerprint density at radius 3 is 2.70 bits per heavy atom. The molecule has 0 unspecified atom stereocenters. The predicted octanol–water partition coefficient (Wildman–Crippen LogP) is 3.44. The highest BCUT2D eigenvalue weighted by molar-refractivity contribution is 6.30. The van der Waals surface area contributed by atoms with Crippen molar-refractivity contribution in [1.82, 2.24) is 9.88 Å². The Balaban J connectivity index is 1.71. The molecule has 4 nitrogen and oxygen atoms in total. The maximum atomic E-state index is 12.6. The number of hydrogen-bond donors (Lipinski definition) is 1. The van der Waals surface area contributed by atoms with Crippen LogP contribution < -0.4 is 5.56 Å². The second kappa shape index (κ2) is 7.01. The van der Waals surface area contributed by atoms with Crippen LogP contribution in [0.5, 0.6) is 0 Å². The summed E-state index contributed by atoms with van der Waals surface area (Å²) in [5, 5.41) is 0.0489. The fourth-order valence-corrected chi connectivity index (χ4v) is 3.29. The van der Waals surface area contributed by atoms with Gasteiger partial charge in [0.05, 0.1) is 5.56 Å². The molecule has 0 aliphatic carbocycles. The molecule has 1 fully saturated rings. The lowest BCUT2D eigenvalue weighted by Crippen LogP contribution is -2.32. The number of aromatic amines is 1. The highest BCUT2D eigenvalue weighted by atomic mass is 35.5.